The first kappa shape index (κ1) is 12.4. The van der Waals surface area contributed by atoms with Crippen LogP contribution in [0.15, 0.2) is 24.3 Å². The lowest BCUT2D eigenvalue weighted by Crippen LogP contribution is -2.42. The van der Waals surface area contributed by atoms with Gasteiger partial charge in [0.05, 0.1) is 5.41 Å². The Kier molecular flexibility index (Phi) is 2.68. The Hall–Kier alpha value is -1.35. The minimum absolute atomic E-state index is 0.255. The molecule has 1 saturated heterocycles. The molecule has 1 saturated carbocycles. The van der Waals surface area contributed by atoms with Crippen LogP contribution in [0.1, 0.15) is 31.2 Å². The third kappa shape index (κ3) is 1.59. The molecule has 3 nitrogen and oxygen atoms in total. The average Bonchev–Trinajstić information content (AvgIpc) is 2.94. The van der Waals surface area contributed by atoms with Gasteiger partial charge in [0, 0.05) is 25.8 Å². The minimum Gasteiger partial charge on any atom is -0.314 e. The third-order valence-electron chi connectivity index (χ3n) is 5.58. The van der Waals surface area contributed by atoms with Crippen molar-refractivity contribution in [2.75, 3.05) is 31.6 Å². The van der Waals surface area contributed by atoms with Gasteiger partial charge in [0.2, 0.25) is 5.91 Å². The predicted molar refractivity (Wildman–Crippen MR) is 79.9 cm³/mol. The molecule has 1 unspecified atom stereocenters. The van der Waals surface area contributed by atoms with E-state index in [1.807, 2.05) is 18.0 Å². The number of para-hydroxylation sites is 1. The van der Waals surface area contributed by atoms with Crippen molar-refractivity contribution >= 4 is 11.6 Å². The van der Waals surface area contributed by atoms with Crippen molar-refractivity contribution < 1.29 is 4.79 Å². The molecule has 1 amide bonds. The van der Waals surface area contributed by atoms with Crippen LogP contribution in [0, 0.1) is 5.92 Å². The Labute approximate surface area is 120 Å². The molecule has 20 heavy (non-hydrogen) atoms. The lowest BCUT2D eigenvalue weighted by Gasteiger charge is -2.31. The number of amides is 1. The Morgan fingerprint density at radius 3 is 2.85 bits per heavy atom. The van der Waals surface area contributed by atoms with E-state index in [1.54, 1.807) is 0 Å². The molecule has 2 fully saturated rings. The summed E-state index contributed by atoms with van der Waals surface area (Å²) in [5, 5.41) is 0. The molecule has 2 aliphatic heterocycles. The fourth-order valence-corrected chi connectivity index (χ4v) is 4.20. The number of likely N-dealkylation sites (tertiary alicyclic amines) is 1. The van der Waals surface area contributed by atoms with Crippen molar-refractivity contribution in [3.8, 4) is 0 Å². The third-order valence-corrected chi connectivity index (χ3v) is 5.58. The second-order valence-corrected chi connectivity index (χ2v) is 6.75. The predicted octanol–water partition coefficient (Wildman–Crippen LogP) is 2.41. The summed E-state index contributed by atoms with van der Waals surface area (Å²) in [6.07, 6.45) is 5.15. The average molecular weight is 270 g/mol. The number of carbonyl (C=O) groups is 1. The van der Waals surface area contributed by atoms with Crippen molar-refractivity contribution in [1.29, 1.82) is 0 Å². The van der Waals surface area contributed by atoms with E-state index in [9.17, 15) is 4.79 Å². The monoisotopic (exact) mass is 270 g/mol. The number of hydrogen-bond acceptors (Lipinski definition) is 2. The maximum Gasteiger partial charge on any atom is 0.238 e. The van der Waals surface area contributed by atoms with Crippen molar-refractivity contribution in [3.05, 3.63) is 29.8 Å². The van der Waals surface area contributed by atoms with Crippen LogP contribution < -0.4 is 4.90 Å². The highest BCUT2D eigenvalue weighted by Crippen LogP contribution is 2.47. The SMILES string of the molecule is CN1C(=O)C2(CCN(CC3CCC3)C2)c2ccccc21. The Bertz CT molecular complexity index is 552. The first-order valence-corrected chi connectivity index (χ1v) is 7.81. The van der Waals surface area contributed by atoms with Crippen LogP contribution in [0.4, 0.5) is 5.69 Å². The topological polar surface area (TPSA) is 23.6 Å². The summed E-state index contributed by atoms with van der Waals surface area (Å²) in [7, 11) is 1.92. The van der Waals surface area contributed by atoms with Crippen LogP contribution >= 0.6 is 0 Å². The van der Waals surface area contributed by atoms with Gasteiger partial charge >= 0.3 is 0 Å². The first-order chi connectivity index (χ1) is 9.71. The summed E-state index contributed by atoms with van der Waals surface area (Å²) < 4.78 is 0. The van der Waals surface area contributed by atoms with Crippen molar-refractivity contribution in [2.45, 2.75) is 31.1 Å². The lowest BCUT2D eigenvalue weighted by molar-refractivity contribution is -0.122. The van der Waals surface area contributed by atoms with Crippen LogP contribution in [0.2, 0.25) is 0 Å². The molecule has 106 valence electrons. The fourth-order valence-electron chi connectivity index (χ4n) is 4.20. The van der Waals surface area contributed by atoms with Gasteiger partial charge in [0.25, 0.3) is 0 Å². The van der Waals surface area contributed by atoms with Gasteiger partial charge in [-0.25, -0.2) is 0 Å². The van der Waals surface area contributed by atoms with E-state index in [0.717, 1.165) is 31.1 Å². The van der Waals surface area contributed by atoms with E-state index in [1.165, 1.54) is 31.4 Å². The molecular formula is C17H22N2O. The Morgan fingerprint density at radius 1 is 1.30 bits per heavy atom. The smallest absolute Gasteiger partial charge is 0.238 e. The number of anilines is 1. The first-order valence-electron chi connectivity index (χ1n) is 7.81. The number of rotatable bonds is 2. The van der Waals surface area contributed by atoms with Gasteiger partial charge in [-0.05, 0) is 43.4 Å². The van der Waals surface area contributed by atoms with Gasteiger partial charge in [-0.2, -0.15) is 0 Å². The van der Waals surface area contributed by atoms with Crippen molar-refractivity contribution in [2.24, 2.45) is 5.92 Å². The maximum absolute atomic E-state index is 12.8. The summed E-state index contributed by atoms with van der Waals surface area (Å²) in [4.78, 5) is 17.2. The molecule has 1 spiro atoms. The second kappa shape index (κ2) is 4.32. The number of hydrogen-bond donors (Lipinski definition) is 0. The summed E-state index contributed by atoms with van der Waals surface area (Å²) in [6.45, 7) is 3.19. The van der Waals surface area contributed by atoms with Crippen LogP contribution in [0.25, 0.3) is 0 Å². The molecule has 4 rings (SSSR count). The van der Waals surface area contributed by atoms with Gasteiger partial charge < -0.3 is 9.80 Å². The molecule has 1 atom stereocenters. The highest BCUT2D eigenvalue weighted by atomic mass is 16.2. The highest BCUT2D eigenvalue weighted by Gasteiger charge is 2.53. The molecule has 0 bridgehead atoms. The number of likely N-dealkylation sites (N-methyl/N-ethyl adjacent to an activating group) is 1. The number of benzene rings is 1. The molecule has 0 aromatic heterocycles. The second-order valence-electron chi connectivity index (χ2n) is 6.75. The van der Waals surface area contributed by atoms with Crippen LogP contribution in [0.5, 0.6) is 0 Å². The molecule has 3 heteroatoms. The van der Waals surface area contributed by atoms with Gasteiger partial charge in [-0.1, -0.05) is 24.6 Å². The van der Waals surface area contributed by atoms with Gasteiger partial charge in [-0.3, -0.25) is 4.79 Å². The summed E-state index contributed by atoms with van der Waals surface area (Å²) in [5.41, 5.74) is 2.11. The Morgan fingerprint density at radius 2 is 2.10 bits per heavy atom. The fraction of sp³-hybridized carbons (Fsp3) is 0.588. The maximum atomic E-state index is 12.8. The zero-order valence-electron chi connectivity index (χ0n) is 12.1. The summed E-state index contributed by atoms with van der Waals surface area (Å²) in [6, 6.07) is 8.34. The van der Waals surface area contributed by atoms with Crippen LogP contribution in [-0.4, -0.2) is 37.5 Å². The van der Waals surface area contributed by atoms with E-state index < -0.39 is 0 Å². The molecule has 1 aliphatic carbocycles. The molecule has 0 radical (unpaired) electrons. The van der Waals surface area contributed by atoms with Gasteiger partial charge in [0.15, 0.2) is 0 Å². The van der Waals surface area contributed by atoms with Gasteiger partial charge in [0.1, 0.15) is 0 Å². The number of carbonyl (C=O) groups excluding carboxylic acids is 1. The van der Waals surface area contributed by atoms with E-state index in [-0.39, 0.29) is 5.41 Å². The van der Waals surface area contributed by atoms with E-state index in [4.69, 9.17) is 0 Å². The number of nitrogens with zero attached hydrogens (tertiary/aromatic N) is 2. The summed E-state index contributed by atoms with van der Waals surface area (Å²) in [5.74, 6) is 1.18. The Balaban J connectivity index is 1.62. The molecular weight excluding hydrogens is 248 g/mol. The zero-order chi connectivity index (χ0) is 13.7. The molecule has 1 aromatic carbocycles. The quantitative estimate of drug-likeness (QED) is 0.824. The van der Waals surface area contributed by atoms with E-state index in [2.05, 4.69) is 23.1 Å². The lowest BCUT2D eigenvalue weighted by atomic mass is 9.80. The normalized spacial score (nSPS) is 30.1. The van der Waals surface area contributed by atoms with Gasteiger partial charge in [-0.15, -0.1) is 0 Å². The minimum atomic E-state index is -0.255. The molecule has 0 N–H and O–H groups in total. The van der Waals surface area contributed by atoms with E-state index in [0.29, 0.717) is 5.91 Å². The molecule has 1 aromatic rings. The van der Waals surface area contributed by atoms with Crippen molar-refractivity contribution in [3.63, 3.8) is 0 Å². The zero-order valence-corrected chi connectivity index (χ0v) is 12.1. The van der Waals surface area contributed by atoms with E-state index >= 15 is 0 Å². The highest BCUT2D eigenvalue weighted by molar-refractivity contribution is 6.08. The summed E-state index contributed by atoms with van der Waals surface area (Å²) >= 11 is 0. The standard InChI is InChI=1S/C17H22N2O/c1-18-15-8-3-2-7-14(15)17(16(18)20)9-10-19(12-17)11-13-5-4-6-13/h2-3,7-8,13H,4-6,9-12H2,1H3. The van der Waals surface area contributed by atoms with Crippen LogP contribution in [-0.2, 0) is 10.2 Å². The molecule has 3 aliphatic rings. The number of fused-ring (bicyclic) bond motifs is 2. The van der Waals surface area contributed by atoms with Crippen molar-refractivity contribution in [1.82, 2.24) is 4.90 Å². The van der Waals surface area contributed by atoms with Crippen LogP contribution in [0.3, 0.4) is 0 Å². The molecule has 2 heterocycles. The largest absolute Gasteiger partial charge is 0.314 e.